The van der Waals surface area contributed by atoms with E-state index in [0.29, 0.717) is 12.0 Å². The fourth-order valence-electron chi connectivity index (χ4n) is 5.06. The zero-order chi connectivity index (χ0) is 33.3. The summed E-state index contributed by atoms with van der Waals surface area (Å²) in [7, 11) is -4.48. The molecule has 0 aromatic heterocycles. The molecule has 1 unspecified atom stereocenters. The Bertz CT molecular complexity index is 1930. The van der Waals surface area contributed by atoms with E-state index >= 15 is 0 Å². The molecule has 0 aliphatic rings. The second-order valence-electron chi connectivity index (χ2n) is 11.6. The van der Waals surface area contributed by atoms with Gasteiger partial charge >= 0.3 is 6.09 Å². The summed E-state index contributed by atoms with van der Waals surface area (Å²) in [6.07, 6.45) is -2.23. The molecule has 0 saturated heterocycles. The molecule has 47 heavy (non-hydrogen) atoms. The van der Waals surface area contributed by atoms with Gasteiger partial charge in [0, 0.05) is 10.8 Å². The van der Waals surface area contributed by atoms with Crippen LogP contribution in [0.1, 0.15) is 25.0 Å². The number of hydrogen-bond acceptors (Lipinski definition) is 7. The van der Waals surface area contributed by atoms with Crippen LogP contribution in [0.15, 0.2) is 132 Å². The third-order valence-electron chi connectivity index (χ3n) is 7.40. The van der Waals surface area contributed by atoms with Gasteiger partial charge < -0.3 is 19.5 Å². The van der Waals surface area contributed by atoms with Crippen molar-refractivity contribution in [2.45, 2.75) is 38.1 Å². The molecule has 0 heterocycles. The van der Waals surface area contributed by atoms with Gasteiger partial charge in [-0.2, -0.15) is 0 Å². The first-order valence-electron chi connectivity index (χ1n) is 15.0. The van der Waals surface area contributed by atoms with Crippen molar-refractivity contribution < 1.29 is 32.2 Å². The fraction of sp³-hybridized carbons (Fsp3) is 0.189. The summed E-state index contributed by atoms with van der Waals surface area (Å²) in [5, 5.41) is 4.19. The Kier molecular flexibility index (Phi) is 10.7. The van der Waals surface area contributed by atoms with Gasteiger partial charge in [-0.05, 0) is 34.7 Å². The van der Waals surface area contributed by atoms with Gasteiger partial charge in [0.25, 0.3) is 15.9 Å². The lowest BCUT2D eigenvalue weighted by Gasteiger charge is -2.33. The van der Waals surface area contributed by atoms with Crippen LogP contribution in [0.3, 0.4) is 0 Å². The van der Waals surface area contributed by atoms with Crippen molar-refractivity contribution in [3.05, 3.63) is 139 Å². The molecule has 2 amide bonds. The number of benzene rings is 5. The highest BCUT2D eigenvalue weighted by Gasteiger charge is 2.37. The molecule has 5 rings (SSSR count). The number of fused-ring (bicyclic) bond motifs is 1. The second kappa shape index (κ2) is 15.0. The van der Waals surface area contributed by atoms with E-state index in [1.165, 1.54) is 18.2 Å². The molecule has 0 bridgehead atoms. The van der Waals surface area contributed by atoms with Gasteiger partial charge in [0.05, 0.1) is 25.5 Å². The predicted octanol–water partition coefficient (Wildman–Crippen LogP) is 7.08. The maximum absolute atomic E-state index is 13.9. The van der Waals surface area contributed by atoms with Gasteiger partial charge in [-0.1, -0.05) is 123 Å². The van der Waals surface area contributed by atoms with E-state index < -0.39 is 33.5 Å². The third-order valence-corrected chi connectivity index (χ3v) is 8.77. The van der Waals surface area contributed by atoms with Crippen molar-refractivity contribution in [3.8, 4) is 5.75 Å². The Balaban J connectivity index is 1.32. The summed E-state index contributed by atoms with van der Waals surface area (Å²) in [5.74, 6) is -0.372. The highest BCUT2D eigenvalue weighted by Crippen LogP contribution is 2.29. The van der Waals surface area contributed by atoms with Gasteiger partial charge in [-0.15, -0.1) is 0 Å². The van der Waals surface area contributed by atoms with Crippen LogP contribution < -0.4 is 14.8 Å². The van der Waals surface area contributed by atoms with Crippen molar-refractivity contribution in [1.29, 1.82) is 0 Å². The normalized spacial score (nSPS) is 12.3. The summed E-state index contributed by atoms with van der Waals surface area (Å²) >= 11 is 0. The smallest absolute Gasteiger partial charge is 0.409 e. The molecule has 0 aliphatic heterocycles. The van der Waals surface area contributed by atoms with E-state index in [4.69, 9.17) is 14.2 Å². The minimum Gasteiger partial charge on any atom is -0.409 e. The molecule has 0 spiro atoms. The summed E-state index contributed by atoms with van der Waals surface area (Å²) in [6.45, 7) is 4.36. The van der Waals surface area contributed by atoms with Crippen LogP contribution in [0.5, 0.6) is 5.75 Å². The number of para-hydroxylation sites is 1. The molecule has 0 aliphatic carbocycles. The number of nitrogens with one attached hydrogen (secondary N) is 2. The predicted molar refractivity (Wildman–Crippen MR) is 180 cm³/mol. The van der Waals surface area contributed by atoms with Crippen molar-refractivity contribution >= 4 is 38.5 Å². The van der Waals surface area contributed by atoms with Gasteiger partial charge in [-0.3, -0.25) is 4.79 Å². The van der Waals surface area contributed by atoms with E-state index in [-0.39, 0.29) is 29.5 Å². The zero-order valence-electron chi connectivity index (χ0n) is 26.1. The quantitative estimate of drug-likeness (QED) is 0.139. The van der Waals surface area contributed by atoms with E-state index in [1.807, 2.05) is 97.4 Å². The maximum Gasteiger partial charge on any atom is 0.426 e. The van der Waals surface area contributed by atoms with Crippen LogP contribution in [0.25, 0.3) is 10.8 Å². The van der Waals surface area contributed by atoms with Crippen LogP contribution in [-0.4, -0.2) is 33.1 Å². The standard InChI is InChI=1S/C37H36N2O7S/c1-37(2,26-44-24-27-14-5-3-6-15-27)34(45-25-28-16-7-4-8-17-28)35(40)38-31-21-11-12-23-33(31)47(42,43)39-36(41)46-32-22-13-19-29-18-9-10-20-30(29)32/h3-23,34H,24-26H2,1-2H3,(H,38,40)(H,39,41). The SMILES string of the molecule is CC(C)(COCc1ccccc1)C(OCc1ccccc1)C(=O)Nc1ccccc1S(=O)(=O)NC(=O)Oc1cccc2ccccc12. The Morgan fingerprint density at radius 3 is 2.04 bits per heavy atom. The van der Waals surface area contributed by atoms with Crippen LogP contribution in [0.4, 0.5) is 10.5 Å². The number of ether oxygens (including phenoxy) is 3. The summed E-state index contributed by atoms with van der Waals surface area (Å²) < 4.78 is 46.4. The first kappa shape index (κ1) is 33.3. The third kappa shape index (κ3) is 8.82. The first-order valence-corrected chi connectivity index (χ1v) is 16.5. The second-order valence-corrected chi connectivity index (χ2v) is 13.3. The maximum atomic E-state index is 13.9. The lowest BCUT2D eigenvalue weighted by atomic mass is 9.86. The Hall–Kier alpha value is -5.03. The van der Waals surface area contributed by atoms with Gasteiger partial charge in [0.1, 0.15) is 16.7 Å². The molecule has 0 fully saturated rings. The van der Waals surface area contributed by atoms with E-state index in [9.17, 15) is 18.0 Å². The molecular weight excluding hydrogens is 616 g/mol. The largest absolute Gasteiger partial charge is 0.426 e. The zero-order valence-corrected chi connectivity index (χ0v) is 26.9. The van der Waals surface area contributed by atoms with Crippen LogP contribution in [0.2, 0.25) is 0 Å². The van der Waals surface area contributed by atoms with Crippen LogP contribution in [0, 0.1) is 5.41 Å². The number of amides is 2. The Labute approximate surface area is 274 Å². The van der Waals surface area contributed by atoms with Gasteiger partial charge in [0.2, 0.25) is 0 Å². The number of rotatable bonds is 13. The minimum atomic E-state index is -4.48. The molecule has 9 nitrogen and oxygen atoms in total. The Morgan fingerprint density at radius 1 is 0.723 bits per heavy atom. The number of carbonyl (C=O) groups excluding carboxylic acids is 2. The number of sulfonamides is 1. The lowest BCUT2D eigenvalue weighted by Crippen LogP contribution is -2.45. The number of anilines is 1. The molecule has 242 valence electrons. The number of carbonyl (C=O) groups is 2. The van der Waals surface area contributed by atoms with Crippen LogP contribution in [-0.2, 0) is 37.5 Å². The topological polar surface area (TPSA) is 120 Å². The van der Waals surface area contributed by atoms with Gasteiger partial charge in [-0.25, -0.2) is 17.9 Å². The first-order chi connectivity index (χ1) is 22.6. The number of hydrogen-bond donors (Lipinski definition) is 2. The molecule has 1 atom stereocenters. The molecule has 0 radical (unpaired) electrons. The molecule has 10 heteroatoms. The average Bonchev–Trinajstić information content (AvgIpc) is 3.06. The van der Waals surface area contributed by atoms with Crippen molar-refractivity contribution in [3.63, 3.8) is 0 Å². The Morgan fingerprint density at radius 2 is 1.32 bits per heavy atom. The average molecular weight is 653 g/mol. The van der Waals surface area contributed by atoms with Crippen LogP contribution >= 0.6 is 0 Å². The summed E-state index contributed by atoms with van der Waals surface area (Å²) in [4.78, 5) is 26.4. The lowest BCUT2D eigenvalue weighted by molar-refractivity contribution is -0.141. The molecule has 2 N–H and O–H groups in total. The summed E-state index contributed by atoms with van der Waals surface area (Å²) in [5.41, 5.74) is 0.989. The van der Waals surface area contributed by atoms with E-state index in [0.717, 1.165) is 16.5 Å². The van der Waals surface area contributed by atoms with Gasteiger partial charge in [0.15, 0.2) is 0 Å². The molecular formula is C37H36N2O7S. The molecule has 0 saturated carbocycles. The minimum absolute atomic E-state index is 0.0303. The highest BCUT2D eigenvalue weighted by molar-refractivity contribution is 7.90. The molecule has 5 aromatic carbocycles. The van der Waals surface area contributed by atoms with Crippen molar-refractivity contribution in [1.82, 2.24) is 4.72 Å². The van der Waals surface area contributed by atoms with E-state index in [2.05, 4.69) is 5.32 Å². The van der Waals surface area contributed by atoms with Crippen molar-refractivity contribution in [2.24, 2.45) is 5.41 Å². The summed E-state index contributed by atoms with van der Waals surface area (Å²) in [6, 6.07) is 37.3. The van der Waals surface area contributed by atoms with Crippen molar-refractivity contribution in [2.75, 3.05) is 11.9 Å². The fourth-order valence-corrected chi connectivity index (χ4v) is 6.10. The highest BCUT2D eigenvalue weighted by atomic mass is 32.2. The monoisotopic (exact) mass is 652 g/mol. The van der Waals surface area contributed by atoms with E-state index in [1.54, 1.807) is 30.3 Å². The molecule has 5 aromatic rings.